The number of allylic oxidation sites excluding steroid dienone is 5. The van der Waals surface area contributed by atoms with Gasteiger partial charge in [-0.1, -0.05) is 49.3 Å². The lowest BCUT2D eigenvalue weighted by atomic mass is 10.1. The molecule has 0 unspecified atom stereocenters. The summed E-state index contributed by atoms with van der Waals surface area (Å²) >= 11 is 0. The van der Waals surface area contributed by atoms with E-state index in [0.29, 0.717) is 0 Å². The van der Waals surface area contributed by atoms with Gasteiger partial charge >= 0.3 is 0 Å². The van der Waals surface area contributed by atoms with Crippen LogP contribution in [0.1, 0.15) is 33.1 Å². The third kappa shape index (κ3) is 8.69. The van der Waals surface area contributed by atoms with Crippen LogP contribution in [0.15, 0.2) is 36.5 Å². The fraction of sp³-hybridized carbons (Fsp3) is 0.385. The lowest BCUT2D eigenvalue weighted by Gasteiger charge is -1.92. The monoisotopic (exact) mass is 174 g/mol. The van der Waals surface area contributed by atoms with Crippen LogP contribution in [-0.2, 0) is 0 Å². The molecule has 0 aromatic carbocycles. The van der Waals surface area contributed by atoms with Crippen LogP contribution < -0.4 is 0 Å². The highest BCUT2D eigenvalue weighted by atomic mass is 13.9. The SMILES string of the molecule is C=C(CC#CC)C/C=C\C=C/CC. The minimum absolute atomic E-state index is 0.818. The van der Waals surface area contributed by atoms with Gasteiger partial charge in [0.15, 0.2) is 0 Å². The van der Waals surface area contributed by atoms with Crippen LogP contribution in [0.3, 0.4) is 0 Å². The molecule has 0 N–H and O–H groups in total. The summed E-state index contributed by atoms with van der Waals surface area (Å²) in [5.74, 6) is 5.86. The minimum Gasteiger partial charge on any atom is -0.106 e. The Bertz CT molecular complexity index is 243. The Morgan fingerprint density at radius 1 is 1.31 bits per heavy atom. The van der Waals surface area contributed by atoms with Crippen molar-refractivity contribution in [2.75, 3.05) is 0 Å². The predicted molar refractivity (Wildman–Crippen MR) is 60.4 cm³/mol. The van der Waals surface area contributed by atoms with Gasteiger partial charge in [0.2, 0.25) is 0 Å². The van der Waals surface area contributed by atoms with E-state index >= 15 is 0 Å². The van der Waals surface area contributed by atoms with Crippen molar-refractivity contribution in [3.05, 3.63) is 36.5 Å². The highest BCUT2D eigenvalue weighted by Crippen LogP contribution is 2.03. The van der Waals surface area contributed by atoms with Crippen molar-refractivity contribution < 1.29 is 0 Å². The third-order valence-electron chi connectivity index (χ3n) is 1.54. The molecule has 0 saturated heterocycles. The van der Waals surface area contributed by atoms with Crippen molar-refractivity contribution in [3.8, 4) is 11.8 Å². The molecule has 0 heteroatoms. The summed E-state index contributed by atoms with van der Waals surface area (Å²) in [5.41, 5.74) is 1.18. The van der Waals surface area contributed by atoms with Crippen LogP contribution >= 0.6 is 0 Å². The van der Waals surface area contributed by atoms with Crippen molar-refractivity contribution in [1.82, 2.24) is 0 Å². The van der Waals surface area contributed by atoms with Crippen molar-refractivity contribution in [2.24, 2.45) is 0 Å². The average molecular weight is 174 g/mol. The molecule has 70 valence electrons. The van der Waals surface area contributed by atoms with Gasteiger partial charge in [-0.2, -0.15) is 0 Å². The first-order valence-electron chi connectivity index (χ1n) is 4.69. The Morgan fingerprint density at radius 2 is 2.00 bits per heavy atom. The van der Waals surface area contributed by atoms with E-state index in [0.717, 1.165) is 19.3 Å². The van der Waals surface area contributed by atoms with Gasteiger partial charge in [-0.25, -0.2) is 0 Å². The summed E-state index contributed by atoms with van der Waals surface area (Å²) in [6.07, 6.45) is 11.2. The van der Waals surface area contributed by atoms with Gasteiger partial charge in [-0.05, 0) is 19.8 Å². The van der Waals surface area contributed by atoms with Gasteiger partial charge in [-0.3, -0.25) is 0 Å². The van der Waals surface area contributed by atoms with E-state index in [2.05, 4.69) is 49.6 Å². The summed E-state index contributed by atoms with van der Waals surface area (Å²) in [7, 11) is 0. The molecular formula is C13H18. The second kappa shape index (κ2) is 8.87. The zero-order chi connectivity index (χ0) is 9.94. The van der Waals surface area contributed by atoms with Gasteiger partial charge in [0.05, 0.1) is 0 Å². The second-order valence-electron chi connectivity index (χ2n) is 2.82. The third-order valence-corrected chi connectivity index (χ3v) is 1.54. The zero-order valence-electron chi connectivity index (χ0n) is 8.64. The van der Waals surface area contributed by atoms with E-state index in [1.54, 1.807) is 0 Å². The molecule has 0 heterocycles. The summed E-state index contributed by atoms with van der Waals surface area (Å²) in [6, 6.07) is 0. The van der Waals surface area contributed by atoms with Gasteiger partial charge in [0, 0.05) is 6.42 Å². The van der Waals surface area contributed by atoms with Gasteiger partial charge < -0.3 is 0 Å². The number of rotatable bonds is 5. The summed E-state index contributed by atoms with van der Waals surface area (Å²) in [4.78, 5) is 0. The Kier molecular flexibility index (Phi) is 8.04. The average Bonchev–Trinajstić information content (AvgIpc) is 2.14. The van der Waals surface area contributed by atoms with Gasteiger partial charge in [0.25, 0.3) is 0 Å². The molecule has 0 rings (SSSR count). The minimum atomic E-state index is 0.818. The van der Waals surface area contributed by atoms with Crippen LogP contribution in [0, 0.1) is 11.8 Å². The van der Waals surface area contributed by atoms with E-state index < -0.39 is 0 Å². The van der Waals surface area contributed by atoms with Crippen molar-refractivity contribution >= 4 is 0 Å². The summed E-state index contributed by atoms with van der Waals surface area (Å²) in [5, 5.41) is 0. The Balaban J connectivity index is 3.61. The summed E-state index contributed by atoms with van der Waals surface area (Å²) in [6.45, 7) is 7.91. The van der Waals surface area contributed by atoms with Crippen LogP contribution in [-0.4, -0.2) is 0 Å². The largest absolute Gasteiger partial charge is 0.106 e. The van der Waals surface area contributed by atoms with E-state index in [4.69, 9.17) is 0 Å². The lowest BCUT2D eigenvalue weighted by Crippen LogP contribution is -1.75. The molecule has 0 nitrogen and oxygen atoms in total. The summed E-state index contributed by atoms with van der Waals surface area (Å²) < 4.78 is 0. The molecule has 0 aliphatic rings. The molecule has 0 saturated carbocycles. The van der Waals surface area contributed by atoms with Crippen molar-refractivity contribution in [3.63, 3.8) is 0 Å². The Hall–Kier alpha value is -1.22. The van der Waals surface area contributed by atoms with Crippen LogP contribution in [0.25, 0.3) is 0 Å². The molecule has 0 fully saturated rings. The number of hydrogen-bond acceptors (Lipinski definition) is 0. The fourth-order valence-electron chi connectivity index (χ4n) is 0.813. The maximum Gasteiger partial charge on any atom is 0.0299 e. The fourth-order valence-corrected chi connectivity index (χ4v) is 0.813. The Morgan fingerprint density at radius 3 is 2.62 bits per heavy atom. The molecular weight excluding hydrogens is 156 g/mol. The van der Waals surface area contributed by atoms with Crippen LogP contribution in [0.5, 0.6) is 0 Å². The topological polar surface area (TPSA) is 0 Å². The van der Waals surface area contributed by atoms with Gasteiger partial charge in [-0.15, -0.1) is 5.92 Å². The van der Waals surface area contributed by atoms with E-state index in [9.17, 15) is 0 Å². The molecule has 0 aromatic rings. The smallest absolute Gasteiger partial charge is 0.0299 e. The van der Waals surface area contributed by atoms with Crippen molar-refractivity contribution in [2.45, 2.75) is 33.1 Å². The first-order valence-corrected chi connectivity index (χ1v) is 4.69. The second-order valence-corrected chi connectivity index (χ2v) is 2.82. The number of hydrogen-bond donors (Lipinski definition) is 0. The Labute approximate surface area is 82.0 Å². The van der Waals surface area contributed by atoms with E-state index in [-0.39, 0.29) is 0 Å². The maximum atomic E-state index is 3.93. The standard InChI is InChI=1S/C13H18/c1-4-6-8-9-10-12-13(3)11-7-5-2/h6,8-10H,3-4,11-12H2,1-2H3/b8-6-,10-9-. The molecule has 0 atom stereocenters. The van der Waals surface area contributed by atoms with Crippen molar-refractivity contribution in [1.29, 1.82) is 0 Å². The molecule has 0 radical (unpaired) electrons. The van der Waals surface area contributed by atoms with E-state index in [1.165, 1.54) is 5.57 Å². The molecule has 0 bridgehead atoms. The van der Waals surface area contributed by atoms with Crippen LogP contribution in [0.4, 0.5) is 0 Å². The lowest BCUT2D eigenvalue weighted by molar-refractivity contribution is 1.14. The quantitative estimate of drug-likeness (QED) is 0.337. The molecule has 13 heavy (non-hydrogen) atoms. The van der Waals surface area contributed by atoms with Crippen LogP contribution in [0.2, 0.25) is 0 Å². The highest BCUT2D eigenvalue weighted by molar-refractivity contribution is 5.14. The normalized spacial score (nSPS) is 10.3. The molecule has 0 aliphatic heterocycles. The molecule has 0 amide bonds. The maximum absolute atomic E-state index is 3.93. The molecule has 0 aliphatic carbocycles. The highest BCUT2D eigenvalue weighted by Gasteiger charge is 1.85. The first-order chi connectivity index (χ1) is 6.31. The first kappa shape index (κ1) is 11.8. The molecule has 0 aromatic heterocycles. The van der Waals surface area contributed by atoms with Gasteiger partial charge in [0.1, 0.15) is 0 Å². The predicted octanol–water partition coefficient (Wildman–Crippen LogP) is 3.87. The zero-order valence-corrected chi connectivity index (χ0v) is 8.64. The van der Waals surface area contributed by atoms with E-state index in [1.807, 2.05) is 6.92 Å². The molecule has 0 spiro atoms.